The lowest BCUT2D eigenvalue weighted by atomic mass is 10.1. The van der Waals surface area contributed by atoms with E-state index in [2.05, 4.69) is 10.2 Å². The van der Waals surface area contributed by atoms with Gasteiger partial charge in [0.05, 0.1) is 24.5 Å². The van der Waals surface area contributed by atoms with Crippen LogP contribution in [-0.2, 0) is 15.2 Å². The van der Waals surface area contributed by atoms with Gasteiger partial charge in [0.25, 0.3) is 0 Å². The topological polar surface area (TPSA) is 109 Å². The van der Waals surface area contributed by atoms with E-state index in [1.54, 1.807) is 36.9 Å². The Morgan fingerprint density at radius 1 is 1.23 bits per heavy atom. The highest BCUT2D eigenvalue weighted by Crippen LogP contribution is 2.36. The summed E-state index contributed by atoms with van der Waals surface area (Å²) in [5, 5.41) is 9.46. The lowest BCUT2D eigenvalue weighted by Gasteiger charge is -2.09. The van der Waals surface area contributed by atoms with Crippen LogP contribution < -0.4 is 5.73 Å². The average molecular weight is 467 g/mol. The van der Waals surface area contributed by atoms with E-state index in [1.807, 2.05) is 12.1 Å². The zero-order valence-electron chi connectivity index (χ0n) is 16.3. The maximum absolute atomic E-state index is 12.5. The SMILES string of the molecule is CCOC(=O)c1sc(N)c(C(=O)OCC)c1CSc1nncn1-c1cccc(Cl)c1. The van der Waals surface area contributed by atoms with Crippen molar-refractivity contribution in [2.24, 2.45) is 0 Å². The summed E-state index contributed by atoms with van der Waals surface area (Å²) in [5.41, 5.74) is 7.48. The Morgan fingerprint density at radius 2 is 1.97 bits per heavy atom. The van der Waals surface area contributed by atoms with Crippen LogP contribution in [0.2, 0.25) is 5.02 Å². The quantitative estimate of drug-likeness (QED) is 0.388. The van der Waals surface area contributed by atoms with Gasteiger partial charge in [-0.1, -0.05) is 29.4 Å². The summed E-state index contributed by atoms with van der Waals surface area (Å²) in [6, 6.07) is 7.25. The predicted molar refractivity (Wildman–Crippen MR) is 117 cm³/mol. The number of nitrogens with zero attached hydrogens (tertiary/aromatic N) is 3. The van der Waals surface area contributed by atoms with E-state index < -0.39 is 11.9 Å². The first-order valence-electron chi connectivity index (χ1n) is 9.00. The predicted octanol–water partition coefficient (Wildman–Crippen LogP) is 4.21. The van der Waals surface area contributed by atoms with Gasteiger partial charge in [-0.3, -0.25) is 4.57 Å². The Balaban J connectivity index is 1.94. The first kappa shape index (κ1) is 22.1. The Kier molecular flexibility index (Phi) is 7.35. The fourth-order valence-corrected chi connectivity index (χ4v) is 4.88. The third-order valence-electron chi connectivity index (χ3n) is 3.92. The van der Waals surface area contributed by atoms with Crippen LogP contribution in [0, 0.1) is 0 Å². The number of nitrogen functional groups attached to an aromatic ring is 1. The maximum atomic E-state index is 12.5. The largest absolute Gasteiger partial charge is 0.462 e. The Bertz CT molecular complexity index is 1070. The van der Waals surface area contributed by atoms with Crippen molar-refractivity contribution in [1.82, 2.24) is 14.8 Å². The summed E-state index contributed by atoms with van der Waals surface area (Å²) in [5.74, 6) is -0.861. The van der Waals surface area contributed by atoms with Crippen molar-refractivity contribution in [1.29, 1.82) is 0 Å². The zero-order chi connectivity index (χ0) is 21.7. The van der Waals surface area contributed by atoms with Crippen LogP contribution in [0.3, 0.4) is 0 Å². The van der Waals surface area contributed by atoms with Crippen LogP contribution in [0.1, 0.15) is 39.4 Å². The van der Waals surface area contributed by atoms with Gasteiger partial charge in [0, 0.05) is 16.3 Å². The Morgan fingerprint density at radius 3 is 2.67 bits per heavy atom. The molecular formula is C19H19ClN4O4S2. The van der Waals surface area contributed by atoms with Gasteiger partial charge in [0.15, 0.2) is 5.16 Å². The first-order valence-corrected chi connectivity index (χ1v) is 11.2. The minimum absolute atomic E-state index is 0.186. The highest BCUT2D eigenvalue weighted by atomic mass is 35.5. The van der Waals surface area contributed by atoms with Crippen LogP contribution in [0.4, 0.5) is 5.00 Å². The van der Waals surface area contributed by atoms with Gasteiger partial charge in [-0.15, -0.1) is 21.5 Å². The number of benzene rings is 1. The second kappa shape index (κ2) is 9.96. The second-order valence-electron chi connectivity index (χ2n) is 5.84. The number of carbonyl (C=O) groups excluding carboxylic acids is 2. The first-order chi connectivity index (χ1) is 14.5. The minimum atomic E-state index is -0.575. The number of esters is 2. The smallest absolute Gasteiger partial charge is 0.348 e. The number of hydrogen-bond donors (Lipinski definition) is 1. The fraction of sp³-hybridized carbons (Fsp3) is 0.263. The molecule has 0 unspecified atom stereocenters. The molecule has 0 radical (unpaired) electrons. The molecule has 0 aliphatic heterocycles. The van der Waals surface area contributed by atoms with E-state index >= 15 is 0 Å². The van der Waals surface area contributed by atoms with E-state index in [4.69, 9.17) is 26.8 Å². The van der Waals surface area contributed by atoms with Gasteiger partial charge in [-0.2, -0.15) is 0 Å². The van der Waals surface area contributed by atoms with Crippen LogP contribution >= 0.6 is 34.7 Å². The van der Waals surface area contributed by atoms with Crippen molar-refractivity contribution in [3.05, 3.63) is 51.6 Å². The zero-order valence-corrected chi connectivity index (χ0v) is 18.6. The van der Waals surface area contributed by atoms with Crippen molar-refractivity contribution < 1.29 is 19.1 Å². The Hall–Kier alpha value is -2.56. The van der Waals surface area contributed by atoms with E-state index in [1.165, 1.54) is 11.8 Å². The van der Waals surface area contributed by atoms with Crippen molar-refractivity contribution in [3.63, 3.8) is 0 Å². The highest BCUT2D eigenvalue weighted by Gasteiger charge is 2.28. The molecule has 1 aromatic carbocycles. The second-order valence-corrected chi connectivity index (χ2v) is 8.27. The molecule has 11 heteroatoms. The Labute approximate surface area is 186 Å². The molecule has 0 aliphatic rings. The lowest BCUT2D eigenvalue weighted by Crippen LogP contribution is -2.11. The van der Waals surface area contributed by atoms with Crippen LogP contribution in [-0.4, -0.2) is 39.9 Å². The summed E-state index contributed by atoms with van der Waals surface area (Å²) in [6.07, 6.45) is 1.56. The molecule has 0 bridgehead atoms. The molecule has 2 aromatic heterocycles. The molecule has 0 saturated carbocycles. The molecular weight excluding hydrogens is 448 g/mol. The number of hydrogen-bond acceptors (Lipinski definition) is 9. The summed E-state index contributed by atoms with van der Waals surface area (Å²) in [4.78, 5) is 25.2. The molecule has 158 valence electrons. The molecule has 8 nitrogen and oxygen atoms in total. The van der Waals surface area contributed by atoms with Crippen molar-refractivity contribution in [2.45, 2.75) is 24.8 Å². The maximum Gasteiger partial charge on any atom is 0.348 e. The molecule has 0 aliphatic carbocycles. The number of thioether (sulfide) groups is 1. The average Bonchev–Trinajstić information content (AvgIpc) is 3.30. The van der Waals surface area contributed by atoms with Crippen LogP contribution in [0.5, 0.6) is 0 Å². The monoisotopic (exact) mass is 466 g/mol. The highest BCUT2D eigenvalue weighted by molar-refractivity contribution is 7.98. The van der Waals surface area contributed by atoms with Gasteiger partial charge in [-0.25, -0.2) is 9.59 Å². The van der Waals surface area contributed by atoms with Crippen molar-refractivity contribution in [2.75, 3.05) is 18.9 Å². The molecule has 2 heterocycles. The molecule has 2 N–H and O–H groups in total. The van der Waals surface area contributed by atoms with Crippen molar-refractivity contribution >= 4 is 51.6 Å². The number of aromatic nitrogens is 3. The molecule has 0 amide bonds. The van der Waals surface area contributed by atoms with Crippen LogP contribution in [0.15, 0.2) is 35.7 Å². The number of thiophene rings is 1. The summed E-state index contributed by atoms with van der Waals surface area (Å²) < 4.78 is 12.0. The molecule has 3 rings (SSSR count). The fourth-order valence-electron chi connectivity index (χ4n) is 2.67. The number of nitrogens with two attached hydrogens (primary N) is 1. The minimum Gasteiger partial charge on any atom is -0.462 e. The molecule has 0 saturated heterocycles. The molecule has 3 aromatic rings. The standard InChI is InChI=1S/C19H19ClN4O4S2/c1-3-27-17(25)14-13(15(30-16(14)21)18(26)28-4-2)9-29-19-23-22-10-24(19)12-7-5-6-11(20)8-12/h5-8,10H,3-4,9,21H2,1-2H3. The van der Waals surface area contributed by atoms with E-state index in [-0.39, 0.29) is 34.4 Å². The number of rotatable bonds is 8. The summed E-state index contributed by atoms with van der Waals surface area (Å²) in [7, 11) is 0. The van der Waals surface area contributed by atoms with Gasteiger partial charge in [0.1, 0.15) is 16.2 Å². The number of halogens is 1. The summed E-state index contributed by atoms with van der Waals surface area (Å²) in [6.45, 7) is 3.82. The van der Waals surface area contributed by atoms with Gasteiger partial charge in [-0.05, 0) is 32.0 Å². The molecule has 30 heavy (non-hydrogen) atoms. The number of ether oxygens (including phenoxy) is 2. The van der Waals surface area contributed by atoms with Crippen molar-refractivity contribution in [3.8, 4) is 5.69 Å². The number of carbonyl (C=O) groups is 2. The van der Waals surface area contributed by atoms with Crippen LogP contribution in [0.25, 0.3) is 5.69 Å². The molecule has 0 fully saturated rings. The van der Waals surface area contributed by atoms with E-state index in [0.29, 0.717) is 15.7 Å². The van der Waals surface area contributed by atoms with Gasteiger partial charge < -0.3 is 15.2 Å². The van der Waals surface area contributed by atoms with Gasteiger partial charge in [0.2, 0.25) is 0 Å². The normalized spacial score (nSPS) is 10.8. The third kappa shape index (κ3) is 4.77. The van der Waals surface area contributed by atoms with E-state index in [0.717, 1.165) is 17.0 Å². The van der Waals surface area contributed by atoms with E-state index in [9.17, 15) is 9.59 Å². The van der Waals surface area contributed by atoms with Gasteiger partial charge >= 0.3 is 11.9 Å². The lowest BCUT2D eigenvalue weighted by molar-refractivity contribution is 0.0527. The third-order valence-corrected chi connectivity index (χ3v) is 6.17. The number of anilines is 1. The molecule has 0 atom stereocenters. The molecule has 0 spiro atoms. The summed E-state index contributed by atoms with van der Waals surface area (Å²) >= 11 is 8.40.